The Morgan fingerprint density at radius 1 is 0.941 bits per heavy atom. The van der Waals surface area contributed by atoms with Crippen molar-refractivity contribution in [2.45, 2.75) is 62.8 Å². The fourth-order valence-electron chi connectivity index (χ4n) is 4.23. The predicted molar refractivity (Wildman–Crippen MR) is 67.0 cm³/mol. The highest BCUT2D eigenvalue weighted by atomic mass is 16.5. The normalized spacial score (nSPS) is 46.6. The Balaban J connectivity index is 1.39. The second-order valence-electron chi connectivity index (χ2n) is 6.38. The maximum absolute atomic E-state index is 5.94. The summed E-state index contributed by atoms with van der Waals surface area (Å²) in [5.74, 6) is 0.885. The van der Waals surface area contributed by atoms with Crippen LogP contribution in [0.15, 0.2) is 0 Å². The average molecular weight is 236 g/mol. The molecule has 0 amide bonds. The Morgan fingerprint density at radius 3 is 2.76 bits per heavy atom. The van der Waals surface area contributed by atoms with Crippen LogP contribution in [-0.2, 0) is 4.74 Å². The van der Waals surface area contributed by atoms with Crippen molar-refractivity contribution in [2.24, 2.45) is 5.92 Å². The van der Waals surface area contributed by atoms with Gasteiger partial charge in [0.05, 0.1) is 6.10 Å². The second-order valence-corrected chi connectivity index (χ2v) is 6.38. The zero-order valence-corrected chi connectivity index (χ0v) is 10.6. The zero-order valence-electron chi connectivity index (χ0n) is 10.6. The number of nitrogens with zero attached hydrogens (tertiary/aromatic N) is 1. The van der Waals surface area contributed by atoms with E-state index >= 15 is 0 Å². The predicted octanol–water partition coefficient (Wildman–Crippen LogP) is 1.38. The van der Waals surface area contributed by atoms with Crippen LogP contribution >= 0.6 is 0 Å². The van der Waals surface area contributed by atoms with Crippen LogP contribution in [0, 0.1) is 5.92 Å². The number of ether oxygens (including phenoxy) is 1. The van der Waals surface area contributed by atoms with Crippen LogP contribution in [0.1, 0.15) is 38.5 Å². The molecule has 0 aromatic heterocycles. The second kappa shape index (κ2) is 4.22. The molecule has 17 heavy (non-hydrogen) atoms. The molecule has 3 heteroatoms. The van der Waals surface area contributed by atoms with Crippen molar-refractivity contribution >= 4 is 0 Å². The van der Waals surface area contributed by atoms with Gasteiger partial charge in [0.1, 0.15) is 0 Å². The molecule has 1 N–H and O–H groups in total. The Labute approximate surface area is 104 Å². The lowest BCUT2D eigenvalue weighted by Crippen LogP contribution is -2.48. The molecular formula is C14H24N2O. The van der Waals surface area contributed by atoms with Gasteiger partial charge in [-0.3, -0.25) is 4.90 Å². The molecule has 3 aliphatic heterocycles. The van der Waals surface area contributed by atoms with Crippen molar-refractivity contribution in [1.82, 2.24) is 10.2 Å². The Morgan fingerprint density at radius 2 is 1.88 bits per heavy atom. The van der Waals surface area contributed by atoms with Gasteiger partial charge in [-0.1, -0.05) is 0 Å². The fourth-order valence-corrected chi connectivity index (χ4v) is 4.23. The van der Waals surface area contributed by atoms with Crippen LogP contribution in [-0.4, -0.2) is 48.8 Å². The first kappa shape index (κ1) is 10.8. The van der Waals surface area contributed by atoms with E-state index in [1.807, 2.05) is 0 Å². The number of fused-ring (bicyclic) bond motifs is 1. The summed E-state index contributed by atoms with van der Waals surface area (Å²) in [5.41, 5.74) is 0. The van der Waals surface area contributed by atoms with Crippen molar-refractivity contribution in [3.8, 4) is 0 Å². The first-order chi connectivity index (χ1) is 8.42. The smallest absolute Gasteiger partial charge is 0.0757 e. The van der Waals surface area contributed by atoms with Crippen LogP contribution in [0.25, 0.3) is 0 Å². The van der Waals surface area contributed by atoms with E-state index in [0.717, 1.165) is 24.6 Å². The molecule has 1 aliphatic carbocycles. The van der Waals surface area contributed by atoms with Crippen molar-refractivity contribution < 1.29 is 4.74 Å². The molecule has 1 saturated carbocycles. The van der Waals surface area contributed by atoms with Gasteiger partial charge >= 0.3 is 0 Å². The average Bonchev–Trinajstić information content (AvgIpc) is 2.79. The zero-order chi connectivity index (χ0) is 11.2. The summed E-state index contributed by atoms with van der Waals surface area (Å²) in [7, 11) is 0. The molecule has 4 rings (SSSR count). The highest BCUT2D eigenvalue weighted by molar-refractivity contribution is 5.00. The van der Waals surface area contributed by atoms with Crippen LogP contribution in [0.5, 0.6) is 0 Å². The van der Waals surface area contributed by atoms with Gasteiger partial charge in [0.15, 0.2) is 0 Å². The van der Waals surface area contributed by atoms with Gasteiger partial charge in [0.25, 0.3) is 0 Å². The minimum atomic E-state index is 0.547. The molecule has 0 aromatic carbocycles. The number of hydrogen-bond donors (Lipinski definition) is 1. The van der Waals surface area contributed by atoms with E-state index in [2.05, 4.69) is 10.2 Å². The molecule has 4 atom stereocenters. The first-order valence-electron chi connectivity index (χ1n) is 7.53. The summed E-state index contributed by atoms with van der Waals surface area (Å²) in [6.07, 6.45) is 8.79. The highest BCUT2D eigenvalue weighted by Gasteiger charge is 2.44. The molecule has 4 aliphatic rings. The summed E-state index contributed by atoms with van der Waals surface area (Å²) < 4.78 is 5.94. The van der Waals surface area contributed by atoms with Gasteiger partial charge in [0.2, 0.25) is 0 Å². The minimum Gasteiger partial charge on any atom is -0.376 e. The minimum absolute atomic E-state index is 0.547. The molecule has 0 bridgehead atoms. The van der Waals surface area contributed by atoms with E-state index in [-0.39, 0.29) is 0 Å². The largest absolute Gasteiger partial charge is 0.376 e. The van der Waals surface area contributed by atoms with Crippen LogP contribution in [0.2, 0.25) is 0 Å². The van der Waals surface area contributed by atoms with Crippen molar-refractivity contribution in [1.29, 1.82) is 0 Å². The third kappa shape index (κ3) is 1.92. The Kier molecular flexibility index (Phi) is 2.67. The molecular weight excluding hydrogens is 212 g/mol. The van der Waals surface area contributed by atoms with Crippen molar-refractivity contribution in [3.05, 3.63) is 0 Å². The van der Waals surface area contributed by atoms with Crippen LogP contribution in [0.3, 0.4) is 0 Å². The van der Waals surface area contributed by atoms with Gasteiger partial charge in [0, 0.05) is 31.3 Å². The molecule has 4 fully saturated rings. The lowest BCUT2D eigenvalue weighted by molar-refractivity contribution is 0.0779. The van der Waals surface area contributed by atoms with Crippen LogP contribution in [0.4, 0.5) is 0 Å². The molecule has 96 valence electrons. The maximum atomic E-state index is 5.94. The molecule has 0 spiro atoms. The molecule has 0 aromatic rings. The van der Waals surface area contributed by atoms with Gasteiger partial charge < -0.3 is 10.1 Å². The Bertz CT molecular complexity index is 288. The van der Waals surface area contributed by atoms with Crippen molar-refractivity contribution in [3.63, 3.8) is 0 Å². The SMILES string of the molecule is C1CC2C(NC3CCOC3C3CC3)CCN2C1. The van der Waals surface area contributed by atoms with Gasteiger partial charge in [-0.15, -0.1) is 0 Å². The third-order valence-corrected chi connectivity index (χ3v) is 5.26. The van der Waals surface area contributed by atoms with Gasteiger partial charge in [-0.25, -0.2) is 0 Å². The fraction of sp³-hybridized carbons (Fsp3) is 1.00. The Hall–Kier alpha value is -0.120. The van der Waals surface area contributed by atoms with E-state index in [4.69, 9.17) is 4.74 Å². The molecule has 3 saturated heterocycles. The summed E-state index contributed by atoms with van der Waals surface area (Å²) in [6, 6.07) is 2.26. The van der Waals surface area contributed by atoms with E-state index in [1.165, 1.54) is 51.6 Å². The molecule has 3 nitrogen and oxygen atoms in total. The summed E-state index contributed by atoms with van der Waals surface area (Å²) >= 11 is 0. The van der Waals surface area contributed by atoms with Gasteiger partial charge in [-0.05, 0) is 51.0 Å². The number of nitrogens with one attached hydrogen (secondary N) is 1. The van der Waals surface area contributed by atoms with E-state index in [0.29, 0.717) is 12.1 Å². The van der Waals surface area contributed by atoms with Crippen molar-refractivity contribution in [2.75, 3.05) is 19.7 Å². The number of hydrogen-bond acceptors (Lipinski definition) is 3. The van der Waals surface area contributed by atoms with Crippen LogP contribution < -0.4 is 5.32 Å². The number of rotatable bonds is 3. The van der Waals surface area contributed by atoms with E-state index < -0.39 is 0 Å². The topological polar surface area (TPSA) is 24.5 Å². The maximum Gasteiger partial charge on any atom is 0.0757 e. The van der Waals surface area contributed by atoms with E-state index in [1.54, 1.807) is 0 Å². The molecule has 4 unspecified atom stereocenters. The monoisotopic (exact) mass is 236 g/mol. The van der Waals surface area contributed by atoms with E-state index in [9.17, 15) is 0 Å². The summed E-state index contributed by atoms with van der Waals surface area (Å²) in [5, 5.41) is 3.95. The third-order valence-electron chi connectivity index (χ3n) is 5.26. The summed E-state index contributed by atoms with van der Waals surface area (Å²) in [4.78, 5) is 2.69. The quantitative estimate of drug-likeness (QED) is 0.801. The highest BCUT2D eigenvalue weighted by Crippen LogP contribution is 2.39. The first-order valence-corrected chi connectivity index (χ1v) is 7.53. The lowest BCUT2D eigenvalue weighted by atomic mass is 10.0. The standard InChI is InChI=1S/C14H24N2O/c1-2-13-11(5-8-16(13)7-1)15-12-6-9-17-14(12)10-3-4-10/h10-15H,1-9H2. The van der Waals surface area contributed by atoms with Gasteiger partial charge in [-0.2, -0.15) is 0 Å². The molecule has 3 heterocycles. The lowest BCUT2D eigenvalue weighted by Gasteiger charge is -2.27. The molecule has 0 radical (unpaired) electrons. The summed E-state index contributed by atoms with van der Waals surface area (Å²) in [6.45, 7) is 3.65.